The third-order valence-corrected chi connectivity index (χ3v) is 6.33. The summed E-state index contributed by atoms with van der Waals surface area (Å²) in [6, 6.07) is 4.46. The van der Waals surface area contributed by atoms with Gasteiger partial charge in [-0.15, -0.1) is 32.6 Å². The Bertz CT molecular complexity index is 572. The molecule has 0 saturated heterocycles. The fourth-order valence-electron chi connectivity index (χ4n) is 4.76. The largest absolute Gasteiger partial charge is 0.294 e. The molecule has 0 bridgehead atoms. The van der Waals surface area contributed by atoms with Gasteiger partial charge in [0.2, 0.25) is 0 Å². The van der Waals surface area contributed by atoms with Gasteiger partial charge in [0, 0.05) is 5.56 Å². The molecule has 0 aromatic heterocycles. The minimum absolute atomic E-state index is 0.187. The highest BCUT2D eigenvalue weighted by molar-refractivity contribution is 8.59. The monoisotopic (exact) mass is 354 g/mol. The lowest BCUT2D eigenvalue weighted by Crippen LogP contribution is -2.43. The van der Waals surface area contributed by atoms with Crippen molar-refractivity contribution in [3.8, 4) is 0 Å². The minimum Gasteiger partial charge on any atom is -0.294 e. The second-order valence-corrected chi connectivity index (χ2v) is 7.71. The summed E-state index contributed by atoms with van der Waals surface area (Å²) < 4.78 is 0. The number of hydrogen-bond acceptors (Lipinski definition) is 3. The molecule has 1 aromatic rings. The molecule has 1 fully saturated rings. The number of thiol groups is 2. The van der Waals surface area contributed by atoms with Crippen molar-refractivity contribution in [3.63, 3.8) is 0 Å². The van der Waals surface area contributed by atoms with Crippen LogP contribution in [0, 0.1) is 11.8 Å². The molecule has 1 aromatic carbocycles. The van der Waals surface area contributed by atoms with E-state index >= 15 is 0 Å². The highest BCUT2D eigenvalue weighted by Crippen LogP contribution is 2.52. The van der Waals surface area contributed by atoms with E-state index in [0.717, 1.165) is 22.7 Å². The van der Waals surface area contributed by atoms with Crippen molar-refractivity contribution in [2.45, 2.75) is 58.3 Å². The number of benzene rings is 1. The Morgan fingerprint density at radius 2 is 2.00 bits per heavy atom. The molecule has 4 unspecified atom stereocenters. The van der Waals surface area contributed by atoms with E-state index in [2.05, 4.69) is 58.5 Å². The number of Topliss-reactive ketones (excluding diaryl/α,β-unsaturated/α-hetero) is 1. The molecular formula is C18H27OPS2. The van der Waals surface area contributed by atoms with E-state index < -0.39 is 0 Å². The molecule has 2 aliphatic carbocycles. The Labute approximate surface area is 147 Å². The van der Waals surface area contributed by atoms with E-state index in [1.807, 2.05) is 0 Å². The molecule has 0 amide bonds. The van der Waals surface area contributed by atoms with Gasteiger partial charge in [0.15, 0.2) is 5.78 Å². The van der Waals surface area contributed by atoms with Crippen LogP contribution >= 0.6 is 32.6 Å². The van der Waals surface area contributed by atoms with Gasteiger partial charge in [0.1, 0.15) is 0 Å². The zero-order valence-electron chi connectivity index (χ0n) is 13.7. The molecule has 4 heteroatoms. The zero-order valence-corrected chi connectivity index (χ0v) is 16.7. The van der Waals surface area contributed by atoms with Crippen LogP contribution in [-0.4, -0.2) is 5.78 Å². The maximum Gasteiger partial charge on any atom is 0.160 e. The smallest absolute Gasteiger partial charge is 0.160 e. The Morgan fingerprint density at radius 1 is 1.32 bits per heavy atom. The first-order chi connectivity index (χ1) is 10.4. The SMILES string of the molecule is CC(=O)c1cc2c(cc1P)CCC1C(C)CCCC21C.SS. The number of carbonyl (C=O) groups excluding carboxylic acids is 1. The highest BCUT2D eigenvalue weighted by atomic mass is 33.1. The maximum atomic E-state index is 11.9. The van der Waals surface area contributed by atoms with Gasteiger partial charge in [-0.25, -0.2) is 0 Å². The molecule has 122 valence electrons. The second-order valence-electron chi connectivity index (χ2n) is 7.08. The van der Waals surface area contributed by atoms with Gasteiger partial charge in [0.25, 0.3) is 0 Å². The molecule has 0 spiro atoms. The quantitative estimate of drug-likeness (QED) is 0.321. The van der Waals surface area contributed by atoms with Gasteiger partial charge in [-0.05, 0) is 65.9 Å². The molecule has 1 saturated carbocycles. The van der Waals surface area contributed by atoms with Gasteiger partial charge in [-0.3, -0.25) is 4.79 Å². The van der Waals surface area contributed by atoms with Crippen molar-refractivity contribution in [3.05, 3.63) is 28.8 Å². The summed E-state index contributed by atoms with van der Waals surface area (Å²) in [6.07, 6.45) is 6.47. The minimum atomic E-state index is 0.187. The lowest BCUT2D eigenvalue weighted by molar-refractivity contribution is 0.101. The average Bonchev–Trinajstić information content (AvgIpc) is 2.48. The van der Waals surface area contributed by atoms with Crippen molar-refractivity contribution in [2.24, 2.45) is 11.8 Å². The number of aryl methyl sites for hydroxylation is 1. The van der Waals surface area contributed by atoms with Gasteiger partial charge in [-0.1, -0.05) is 32.8 Å². The van der Waals surface area contributed by atoms with Gasteiger partial charge in [-0.2, -0.15) is 0 Å². The van der Waals surface area contributed by atoms with Crippen LogP contribution in [0.4, 0.5) is 0 Å². The number of carbonyl (C=O) groups is 1. The summed E-state index contributed by atoms with van der Waals surface area (Å²) in [7, 11) is 2.74. The van der Waals surface area contributed by atoms with Gasteiger partial charge >= 0.3 is 0 Å². The molecular weight excluding hydrogens is 327 g/mol. The predicted octanol–water partition coefficient (Wildman–Crippen LogP) is 4.79. The van der Waals surface area contributed by atoms with Crippen LogP contribution in [0.2, 0.25) is 0 Å². The van der Waals surface area contributed by atoms with Crippen LogP contribution in [0.5, 0.6) is 0 Å². The summed E-state index contributed by atoms with van der Waals surface area (Å²) in [5.74, 6) is 1.80. The predicted molar refractivity (Wildman–Crippen MR) is 106 cm³/mol. The van der Waals surface area contributed by atoms with Crippen LogP contribution in [0.3, 0.4) is 0 Å². The van der Waals surface area contributed by atoms with Crippen LogP contribution in [0.15, 0.2) is 12.1 Å². The first kappa shape index (κ1) is 18.4. The zero-order chi connectivity index (χ0) is 16.5. The summed E-state index contributed by atoms with van der Waals surface area (Å²) in [6.45, 7) is 6.54. The fourth-order valence-corrected chi connectivity index (χ4v) is 5.25. The molecule has 4 atom stereocenters. The third-order valence-electron chi connectivity index (χ3n) is 5.86. The lowest BCUT2D eigenvalue weighted by atomic mass is 9.55. The first-order valence-electron chi connectivity index (χ1n) is 8.07. The maximum absolute atomic E-state index is 11.9. The first-order valence-corrected chi connectivity index (χ1v) is 10.2. The summed E-state index contributed by atoms with van der Waals surface area (Å²) in [5, 5.41) is 1.07. The third kappa shape index (κ3) is 3.14. The molecule has 0 N–H and O–H groups in total. The number of hydrogen-bond donors (Lipinski definition) is 2. The van der Waals surface area contributed by atoms with E-state index in [1.165, 1.54) is 43.2 Å². The highest BCUT2D eigenvalue weighted by Gasteiger charge is 2.45. The van der Waals surface area contributed by atoms with Crippen molar-refractivity contribution in [1.82, 2.24) is 0 Å². The van der Waals surface area contributed by atoms with E-state index in [4.69, 9.17) is 0 Å². The van der Waals surface area contributed by atoms with E-state index in [0.29, 0.717) is 0 Å². The van der Waals surface area contributed by atoms with E-state index in [9.17, 15) is 4.79 Å². The molecule has 22 heavy (non-hydrogen) atoms. The number of fused-ring (bicyclic) bond motifs is 3. The molecule has 2 aliphatic rings. The molecule has 3 rings (SSSR count). The van der Waals surface area contributed by atoms with Crippen LogP contribution in [-0.2, 0) is 11.8 Å². The second kappa shape index (κ2) is 7.28. The fraction of sp³-hybridized carbons (Fsp3) is 0.611. The van der Waals surface area contributed by atoms with Crippen LogP contribution in [0.1, 0.15) is 67.9 Å². The molecule has 0 aliphatic heterocycles. The Morgan fingerprint density at radius 3 is 2.64 bits per heavy atom. The van der Waals surface area contributed by atoms with Crippen molar-refractivity contribution < 1.29 is 4.79 Å². The normalized spacial score (nSPS) is 29.7. The van der Waals surface area contributed by atoms with Crippen LogP contribution in [0.25, 0.3) is 0 Å². The lowest BCUT2D eigenvalue weighted by Gasteiger charge is -2.49. The average molecular weight is 355 g/mol. The van der Waals surface area contributed by atoms with Crippen molar-refractivity contribution in [2.75, 3.05) is 0 Å². The molecule has 0 radical (unpaired) electrons. The van der Waals surface area contributed by atoms with E-state index in [-0.39, 0.29) is 11.2 Å². The van der Waals surface area contributed by atoms with Crippen LogP contribution < -0.4 is 5.30 Å². The topological polar surface area (TPSA) is 17.1 Å². The molecule has 1 nitrogen and oxygen atoms in total. The Kier molecular flexibility index (Phi) is 6.07. The van der Waals surface area contributed by atoms with Gasteiger partial charge < -0.3 is 0 Å². The Hall–Kier alpha value is 0.0200. The number of rotatable bonds is 1. The van der Waals surface area contributed by atoms with Crippen molar-refractivity contribution >= 4 is 43.6 Å². The van der Waals surface area contributed by atoms with E-state index in [1.54, 1.807) is 6.92 Å². The number of ketones is 1. The van der Waals surface area contributed by atoms with Crippen molar-refractivity contribution in [1.29, 1.82) is 0 Å². The standard InChI is InChI=1S/C18H25OP.H2S2/c1-11-5-4-8-18(3)15(11)7-6-13-9-17(20)14(12(2)19)10-16(13)18;1-2/h9-11,15H,4-8,20H2,1-3H3;1-2H. The summed E-state index contributed by atoms with van der Waals surface area (Å²) >= 11 is 6.44. The van der Waals surface area contributed by atoms with Gasteiger partial charge in [0.05, 0.1) is 0 Å². The molecule has 0 heterocycles. The Balaban J connectivity index is 0.000000847. The summed E-state index contributed by atoms with van der Waals surface area (Å²) in [5.41, 5.74) is 4.13. The summed E-state index contributed by atoms with van der Waals surface area (Å²) in [4.78, 5) is 11.9.